The zero-order valence-corrected chi connectivity index (χ0v) is 11.9. The monoisotopic (exact) mass is 350 g/mol. The van der Waals surface area contributed by atoms with Crippen LogP contribution in [0, 0.1) is 5.82 Å². The predicted molar refractivity (Wildman–Crippen MR) is 70.8 cm³/mol. The number of alkyl halides is 1. The minimum atomic E-state index is -0.368. The number of halogens is 4. The molecular formula is C11H6BrCl2FN2O. The topological polar surface area (TPSA) is 35.0 Å². The van der Waals surface area contributed by atoms with Crippen LogP contribution in [0.1, 0.15) is 5.56 Å². The molecule has 1 aromatic carbocycles. The SMILES string of the molecule is Fc1ccc(Oc2ncnc(Cl)c2CCl)c(Br)c1. The van der Waals surface area contributed by atoms with E-state index >= 15 is 0 Å². The fraction of sp³-hybridized carbons (Fsp3) is 0.0909. The Balaban J connectivity index is 2.37. The van der Waals surface area contributed by atoms with E-state index in [-0.39, 0.29) is 22.7 Å². The minimum absolute atomic E-state index is 0.119. The molecule has 0 spiro atoms. The van der Waals surface area contributed by atoms with Gasteiger partial charge in [0.15, 0.2) is 0 Å². The Bertz CT molecular complexity index is 583. The smallest absolute Gasteiger partial charge is 0.228 e. The van der Waals surface area contributed by atoms with Gasteiger partial charge in [-0.15, -0.1) is 11.6 Å². The van der Waals surface area contributed by atoms with Crippen LogP contribution >= 0.6 is 39.1 Å². The lowest BCUT2D eigenvalue weighted by atomic mass is 10.3. The van der Waals surface area contributed by atoms with Crippen LogP contribution in [0.5, 0.6) is 11.6 Å². The van der Waals surface area contributed by atoms with Crippen LogP contribution in [0.4, 0.5) is 4.39 Å². The highest BCUT2D eigenvalue weighted by atomic mass is 79.9. The second-order valence-electron chi connectivity index (χ2n) is 3.26. The van der Waals surface area contributed by atoms with E-state index in [4.69, 9.17) is 27.9 Å². The van der Waals surface area contributed by atoms with Crippen LogP contribution < -0.4 is 4.74 Å². The molecule has 7 heteroatoms. The van der Waals surface area contributed by atoms with Crippen LogP contribution in [0.25, 0.3) is 0 Å². The zero-order valence-electron chi connectivity index (χ0n) is 8.83. The number of ether oxygens (including phenoxy) is 1. The Morgan fingerprint density at radius 2 is 2.11 bits per heavy atom. The standard InChI is InChI=1S/C11H6BrCl2FN2O/c12-8-3-6(15)1-2-9(8)18-11-7(4-13)10(14)16-5-17-11/h1-3,5H,4H2. The van der Waals surface area contributed by atoms with Crippen molar-refractivity contribution < 1.29 is 9.13 Å². The van der Waals surface area contributed by atoms with E-state index in [0.717, 1.165) is 0 Å². The molecule has 0 saturated carbocycles. The zero-order chi connectivity index (χ0) is 13.1. The Morgan fingerprint density at radius 3 is 2.78 bits per heavy atom. The van der Waals surface area contributed by atoms with Gasteiger partial charge in [0.25, 0.3) is 0 Å². The first-order valence-electron chi connectivity index (χ1n) is 4.80. The summed E-state index contributed by atoms with van der Waals surface area (Å²) in [7, 11) is 0. The van der Waals surface area contributed by atoms with Crippen molar-refractivity contribution in [1.29, 1.82) is 0 Å². The number of nitrogens with zero attached hydrogens (tertiary/aromatic N) is 2. The predicted octanol–water partition coefficient (Wildman–Crippen LogP) is 4.56. The summed E-state index contributed by atoms with van der Waals surface area (Å²) < 4.78 is 18.9. The quantitative estimate of drug-likeness (QED) is 0.600. The van der Waals surface area contributed by atoms with Gasteiger partial charge in [-0.25, -0.2) is 14.4 Å². The Hall–Kier alpha value is -0.910. The summed E-state index contributed by atoms with van der Waals surface area (Å²) in [6.07, 6.45) is 1.27. The molecule has 0 N–H and O–H groups in total. The third-order valence-electron chi connectivity index (χ3n) is 2.09. The van der Waals surface area contributed by atoms with E-state index in [1.165, 1.54) is 24.5 Å². The molecule has 0 aliphatic heterocycles. The van der Waals surface area contributed by atoms with Gasteiger partial charge in [-0.2, -0.15) is 0 Å². The number of hydrogen-bond acceptors (Lipinski definition) is 3. The van der Waals surface area contributed by atoms with E-state index in [1.807, 2.05) is 0 Å². The third-order valence-corrected chi connectivity index (χ3v) is 3.30. The summed E-state index contributed by atoms with van der Waals surface area (Å²) in [5.41, 5.74) is 0.483. The number of benzene rings is 1. The molecule has 0 saturated heterocycles. The van der Waals surface area contributed by atoms with Gasteiger partial charge in [-0.3, -0.25) is 0 Å². The molecule has 0 aliphatic rings. The molecule has 0 unspecified atom stereocenters. The van der Waals surface area contributed by atoms with Gasteiger partial charge in [0.05, 0.1) is 15.9 Å². The van der Waals surface area contributed by atoms with Crippen molar-refractivity contribution in [2.24, 2.45) is 0 Å². The summed E-state index contributed by atoms with van der Waals surface area (Å²) in [6.45, 7) is 0. The molecular weight excluding hydrogens is 346 g/mol. The molecule has 3 nitrogen and oxygen atoms in total. The Labute approximate surface area is 121 Å². The van der Waals surface area contributed by atoms with Gasteiger partial charge < -0.3 is 4.74 Å². The lowest BCUT2D eigenvalue weighted by Crippen LogP contribution is -1.96. The molecule has 94 valence electrons. The van der Waals surface area contributed by atoms with E-state index in [2.05, 4.69) is 25.9 Å². The second kappa shape index (κ2) is 5.82. The molecule has 0 fully saturated rings. The molecule has 0 bridgehead atoms. The molecule has 2 aromatic rings. The summed E-state index contributed by atoms with van der Waals surface area (Å²) in [5.74, 6) is 0.413. The normalized spacial score (nSPS) is 10.4. The number of hydrogen-bond donors (Lipinski definition) is 0. The molecule has 1 heterocycles. The molecule has 1 aromatic heterocycles. The van der Waals surface area contributed by atoms with E-state index in [0.29, 0.717) is 15.8 Å². The van der Waals surface area contributed by atoms with Gasteiger partial charge in [0.1, 0.15) is 23.0 Å². The van der Waals surface area contributed by atoms with Crippen LogP contribution in [0.3, 0.4) is 0 Å². The average Bonchev–Trinajstić information content (AvgIpc) is 2.33. The second-order valence-corrected chi connectivity index (χ2v) is 4.74. The lowest BCUT2D eigenvalue weighted by Gasteiger charge is -2.10. The maximum Gasteiger partial charge on any atom is 0.228 e. The highest BCUT2D eigenvalue weighted by Crippen LogP contribution is 2.32. The van der Waals surface area contributed by atoms with E-state index < -0.39 is 0 Å². The van der Waals surface area contributed by atoms with Crippen LogP contribution in [0.2, 0.25) is 5.15 Å². The first-order chi connectivity index (χ1) is 8.61. The van der Waals surface area contributed by atoms with Crippen molar-refractivity contribution in [2.75, 3.05) is 0 Å². The third kappa shape index (κ3) is 2.91. The highest BCUT2D eigenvalue weighted by molar-refractivity contribution is 9.10. The van der Waals surface area contributed by atoms with Gasteiger partial charge >= 0.3 is 0 Å². The molecule has 0 aliphatic carbocycles. The number of aromatic nitrogens is 2. The maximum atomic E-state index is 12.9. The summed E-state index contributed by atoms with van der Waals surface area (Å²) in [4.78, 5) is 7.76. The van der Waals surface area contributed by atoms with Crippen molar-refractivity contribution >= 4 is 39.1 Å². The molecule has 2 rings (SSSR count). The fourth-order valence-electron chi connectivity index (χ4n) is 1.24. The van der Waals surface area contributed by atoms with E-state index in [9.17, 15) is 4.39 Å². The first kappa shape index (κ1) is 13.5. The van der Waals surface area contributed by atoms with Crippen molar-refractivity contribution in [3.8, 4) is 11.6 Å². The van der Waals surface area contributed by atoms with Crippen LogP contribution in [-0.4, -0.2) is 9.97 Å². The summed E-state index contributed by atoms with van der Waals surface area (Å²) in [5, 5.41) is 0.230. The fourth-order valence-corrected chi connectivity index (χ4v) is 2.17. The molecule has 18 heavy (non-hydrogen) atoms. The average molecular weight is 352 g/mol. The van der Waals surface area contributed by atoms with E-state index in [1.54, 1.807) is 0 Å². The van der Waals surface area contributed by atoms with Crippen molar-refractivity contribution in [3.63, 3.8) is 0 Å². The number of rotatable bonds is 3. The lowest BCUT2D eigenvalue weighted by molar-refractivity contribution is 0.452. The minimum Gasteiger partial charge on any atom is -0.437 e. The Morgan fingerprint density at radius 1 is 1.33 bits per heavy atom. The summed E-state index contributed by atoms with van der Waals surface area (Å²) in [6, 6.07) is 4.05. The molecule has 0 radical (unpaired) electrons. The molecule has 0 amide bonds. The van der Waals surface area contributed by atoms with Crippen molar-refractivity contribution in [2.45, 2.75) is 5.88 Å². The van der Waals surface area contributed by atoms with Gasteiger partial charge in [-0.1, -0.05) is 11.6 Å². The largest absolute Gasteiger partial charge is 0.437 e. The van der Waals surface area contributed by atoms with Gasteiger partial charge in [0.2, 0.25) is 5.88 Å². The van der Waals surface area contributed by atoms with Crippen molar-refractivity contribution in [3.05, 3.63) is 45.5 Å². The van der Waals surface area contributed by atoms with Gasteiger partial charge in [-0.05, 0) is 34.1 Å². The first-order valence-corrected chi connectivity index (χ1v) is 6.50. The molecule has 0 atom stereocenters. The highest BCUT2D eigenvalue weighted by Gasteiger charge is 2.12. The maximum absolute atomic E-state index is 12.9. The van der Waals surface area contributed by atoms with Crippen LogP contribution in [-0.2, 0) is 5.88 Å². The summed E-state index contributed by atoms with van der Waals surface area (Å²) >= 11 is 14.8. The van der Waals surface area contributed by atoms with Gasteiger partial charge in [0, 0.05) is 0 Å². The van der Waals surface area contributed by atoms with Crippen LogP contribution in [0.15, 0.2) is 29.0 Å². The van der Waals surface area contributed by atoms with Crippen molar-refractivity contribution in [1.82, 2.24) is 9.97 Å². The Kier molecular flexibility index (Phi) is 4.37.